The third-order valence-electron chi connectivity index (χ3n) is 3.79. The molecule has 112 valence electrons. The van der Waals surface area contributed by atoms with Crippen LogP contribution in [0.2, 0.25) is 5.02 Å². The van der Waals surface area contributed by atoms with E-state index < -0.39 is 0 Å². The highest BCUT2D eigenvalue weighted by molar-refractivity contribution is 6.30. The van der Waals surface area contributed by atoms with E-state index in [1.807, 2.05) is 24.3 Å². The number of ether oxygens (including phenoxy) is 1. The fourth-order valence-electron chi connectivity index (χ4n) is 2.91. The first-order valence-electron chi connectivity index (χ1n) is 6.96. The van der Waals surface area contributed by atoms with Crippen LogP contribution in [0.1, 0.15) is 30.9 Å². The van der Waals surface area contributed by atoms with E-state index >= 15 is 0 Å². The Morgan fingerprint density at radius 3 is 2.45 bits per heavy atom. The number of aliphatic hydroxyl groups is 1. The highest BCUT2D eigenvalue weighted by Gasteiger charge is 2.33. The van der Waals surface area contributed by atoms with Crippen molar-refractivity contribution in [2.45, 2.75) is 19.8 Å². The number of rotatable bonds is 2. The number of carbonyl (C=O) groups excluding carboxylic acids is 1. The number of hydrogen-bond donors (Lipinski definition) is 1. The summed E-state index contributed by atoms with van der Waals surface area (Å²) in [5, 5.41) is 10.6. The van der Waals surface area contributed by atoms with Crippen molar-refractivity contribution in [1.82, 2.24) is 0 Å². The Bertz CT molecular complexity index is 789. The van der Waals surface area contributed by atoms with Gasteiger partial charge in [-0.3, -0.25) is 4.79 Å². The van der Waals surface area contributed by atoms with Crippen molar-refractivity contribution in [1.29, 1.82) is 0 Å². The fourth-order valence-corrected chi connectivity index (χ4v) is 3.09. The van der Waals surface area contributed by atoms with Gasteiger partial charge in [-0.15, -0.1) is 0 Å². The van der Waals surface area contributed by atoms with Crippen LogP contribution in [-0.4, -0.2) is 10.9 Å². The topological polar surface area (TPSA) is 46.5 Å². The van der Waals surface area contributed by atoms with Crippen molar-refractivity contribution < 1.29 is 14.6 Å². The van der Waals surface area contributed by atoms with E-state index in [2.05, 4.69) is 0 Å². The van der Waals surface area contributed by atoms with Gasteiger partial charge in [0.25, 0.3) is 0 Å². The summed E-state index contributed by atoms with van der Waals surface area (Å²) < 4.78 is 5.90. The number of ketones is 1. The van der Waals surface area contributed by atoms with Gasteiger partial charge in [-0.25, -0.2) is 0 Å². The van der Waals surface area contributed by atoms with Crippen LogP contribution in [0.15, 0.2) is 53.8 Å². The standard InChI is InChI=1S/C18H15ClO3/c1-10(20)17(11(2)21)18-13-5-3-4-6-15(13)22-16-8-7-12(19)9-14(16)18/h3-9,18,20H,1-2H3/b17-10-/t18-/m1/s1. The highest BCUT2D eigenvalue weighted by Crippen LogP contribution is 2.48. The Kier molecular flexibility index (Phi) is 3.67. The van der Waals surface area contributed by atoms with Crippen molar-refractivity contribution in [2.24, 2.45) is 0 Å². The number of benzene rings is 2. The maximum absolute atomic E-state index is 12.1. The number of aliphatic hydroxyl groups excluding tert-OH is 1. The summed E-state index contributed by atoms with van der Waals surface area (Å²) in [4.78, 5) is 12.1. The van der Waals surface area contributed by atoms with Crippen molar-refractivity contribution in [3.63, 3.8) is 0 Å². The number of allylic oxidation sites excluding steroid dienone is 2. The molecule has 1 N–H and O–H groups in total. The minimum Gasteiger partial charge on any atom is -0.512 e. The monoisotopic (exact) mass is 314 g/mol. The Hall–Kier alpha value is -2.26. The SMILES string of the molecule is CC(=O)/C(=C(\C)O)[C@@H]1c2ccccc2Oc2ccc(Cl)cc21. The van der Waals surface area contributed by atoms with Gasteiger partial charge < -0.3 is 9.84 Å². The van der Waals surface area contributed by atoms with Crippen LogP contribution in [0.3, 0.4) is 0 Å². The summed E-state index contributed by atoms with van der Waals surface area (Å²) in [6.07, 6.45) is 0. The van der Waals surface area contributed by atoms with Crippen molar-refractivity contribution in [3.8, 4) is 11.5 Å². The molecule has 0 bridgehead atoms. The third kappa shape index (κ3) is 2.38. The van der Waals surface area contributed by atoms with E-state index in [1.165, 1.54) is 13.8 Å². The Labute approximate surface area is 133 Å². The van der Waals surface area contributed by atoms with Crippen LogP contribution in [0.5, 0.6) is 11.5 Å². The molecule has 3 nitrogen and oxygen atoms in total. The maximum atomic E-state index is 12.1. The molecule has 1 atom stereocenters. The molecule has 0 aromatic heterocycles. The molecule has 2 aromatic rings. The molecule has 1 aliphatic rings. The molecule has 0 unspecified atom stereocenters. The molecule has 4 heteroatoms. The molecular weight excluding hydrogens is 300 g/mol. The molecule has 0 saturated heterocycles. The minimum absolute atomic E-state index is 0.0140. The molecular formula is C18H15ClO3. The molecule has 0 fully saturated rings. The van der Waals surface area contributed by atoms with Gasteiger partial charge in [-0.05, 0) is 38.1 Å². The first kappa shape index (κ1) is 14.7. The van der Waals surface area contributed by atoms with Gasteiger partial charge in [-0.1, -0.05) is 29.8 Å². The first-order valence-corrected chi connectivity index (χ1v) is 7.33. The number of halogens is 1. The number of para-hydroxylation sites is 1. The zero-order valence-electron chi connectivity index (χ0n) is 12.3. The molecule has 0 saturated carbocycles. The zero-order chi connectivity index (χ0) is 15.9. The van der Waals surface area contributed by atoms with Crippen molar-refractivity contribution in [2.75, 3.05) is 0 Å². The normalized spacial score (nSPS) is 17.0. The lowest BCUT2D eigenvalue weighted by molar-refractivity contribution is -0.114. The highest BCUT2D eigenvalue weighted by atomic mass is 35.5. The van der Waals surface area contributed by atoms with Gasteiger partial charge in [-0.2, -0.15) is 0 Å². The Morgan fingerprint density at radius 2 is 1.77 bits per heavy atom. The van der Waals surface area contributed by atoms with Crippen LogP contribution < -0.4 is 4.74 Å². The zero-order valence-corrected chi connectivity index (χ0v) is 13.0. The molecule has 0 amide bonds. The average molecular weight is 315 g/mol. The van der Waals surface area contributed by atoms with Gasteiger partial charge in [0.2, 0.25) is 0 Å². The molecule has 0 aliphatic carbocycles. The molecule has 0 radical (unpaired) electrons. The second-order valence-electron chi connectivity index (χ2n) is 5.31. The minimum atomic E-state index is -0.388. The number of fused-ring (bicyclic) bond motifs is 2. The van der Waals surface area contributed by atoms with Crippen LogP contribution in [-0.2, 0) is 4.79 Å². The summed E-state index contributed by atoms with van der Waals surface area (Å²) in [6.45, 7) is 2.98. The lowest BCUT2D eigenvalue weighted by atomic mass is 9.80. The summed E-state index contributed by atoms with van der Waals surface area (Å²) in [5.41, 5.74) is 1.99. The van der Waals surface area contributed by atoms with Crippen LogP contribution >= 0.6 is 11.6 Å². The predicted octanol–water partition coefficient (Wildman–Crippen LogP) is 5.00. The van der Waals surface area contributed by atoms with Gasteiger partial charge in [0, 0.05) is 27.6 Å². The maximum Gasteiger partial charge on any atom is 0.160 e. The molecule has 1 heterocycles. The van der Waals surface area contributed by atoms with Crippen LogP contribution in [0.4, 0.5) is 0 Å². The van der Waals surface area contributed by atoms with E-state index in [9.17, 15) is 9.90 Å². The van der Waals surface area contributed by atoms with E-state index in [1.54, 1.807) is 18.2 Å². The quantitative estimate of drug-likeness (QED) is 0.627. The fraction of sp³-hybridized carbons (Fsp3) is 0.167. The van der Waals surface area contributed by atoms with Crippen LogP contribution in [0, 0.1) is 0 Å². The lowest BCUT2D eigenvalue weighted by Gasteiger charge is -2.29. The molecule has 2 aromatic carbocycles. The van der Waals surface area contributed by atoms with Gasteiger partial charge in [0.15, 0.2) is 5.78 Å². The summed E-state index contributed by atoms with van der Waals surface area (Å²) in [7, 11) is 0. The van der Waals surface area contributed by atoms with Crippen LogP contribution in [0.25, 0.3) is 0 Å². The van der Waals surface area contributed by atoms with E-state index in [0.29, 0.717) is 22.1 Å². The Balaban J connectivity index is 2.31. The smallest absolute Gasteiger partial charge is 0.160 e. The van der Waals surface area contributed by atoms with Gasteiger partial charge in [0.05, 0.1) is 5.76 Å². The van der Waals surface area contributed by atoms with E-state index in [4.69, 9.17) is 16.3 Å². The van der Waals surface area contributed by atoms with Gasteiger partial charge >= 0.3 is 0 Å². The summed E-state index contributed by atoms with van der Waals surface area (Å²) >= 11 is 6.11. The summed E-state index contributed by atoms with van der Waals surface area (Å²) in [5.74, 6) is 0.782. The second kappa shape index (κ2) is 5.50. The summed E-state index contributed by atoms with van der Waals surface area (Å²) in [6, 6.07) is 12.8. The third-order valence-corrected chi connectivity index (χ3v) is 4.03. The average Bonchev–Trinajstić information content (AvgIpc) is 2.46. The lowest BCUT2D eigenvalue weighted by Crippen LogP contribution is -2.17. The predicted molar refractivity (Wildman–Crippen MR) is 85.8 cm³/mol. The molecule has 1 aliphatic heterocycles. The van der Waals surface area contributed by atoms with Crippen molar-refractivity contribution in [3.05, 3.63) is 69.9 Å². The van der Waals surface area contributed by atoms with E-state index in [-0.39, 0.29) is 17.5 Å². The number of hydrogen-bond acceptors (Lipinski definition) is 3. The molecule has 0 spiro atoms. The number of carbonyl (C=O) groups is 1. The Morgan fingerprint density at radius 1 is 1.09 bits per heavy atom. The van der Waals surface area contributed by atoms with Crippen molar-refractivity contribution >= 4 is 17.4 Å². The second-order valence-corrected chi connectivity index (χ2v) is 5.75. The van der Waals surface area contributed by atoms with E-state index in [0.717, 1.165) is 11.1 Å². The van der Waals surface area contributed by atoms with Gasteiger partial charge in [0.1, 0.15) is 11.5 Å². The number of Topliss-reactive ketones (excluding diaryl/α,β-unsaturated/α-hetero) is 1. The molecule has 3 rings (SSSR count). The first-order chi connectivity index (χ1) is 10.5. The largest absolute Gasteiger partial charge is 0.512 e. The molecule has 22 heavy (non-hydrogen) atoms.